The van der Waals surface area contributed by atoms with Crippen LogP contribution >= 0.6 is 0 Å². The average Bonchev–Trinajstić information content (AvgIpc) is 2.78. The number of carbonyl (C=O) groups is 2. The molecule has 6 nitrogen and oxygen atoms in total. The fraction of sp³-hybridized carbons (Fsp3) is 0.417. The Morgan fingerprint density at radius 3 is 2.48 bits per heavy atom. The lowest BCUT2D eigenvalue weighted by Gasteiger charge is -2.30. The summed E-state index contributed by atoms with van der Waals surface area (Å²) in [7, 11) is 1.58. The fourth-order valence-electron chi connectivity index (χ4n) is 3.15. The maximum atomic E-state index is 13.1. The first-order chi connectivity index (χ1) is 15.0. The zero-order chi connectivity index (χ0) is 22.6. The van der Waals surface area contributed by atoms with E-state index in [9.17, 15) is 14.0 Å². The lowest BCUT2D eigenvalue weighted by atomic mass is 10.1. The van der Waals surface area contributed by atoms with Gasteiger partial charge in [0.25, 0.3) is 5.91 Å². The summed E-state index contributed by atoms with van der Waals surface area (Å²) in [6.07, 6.45) is 2.30. The van der Waals surface area contributed by atoms with Gasteiger partial charge in [-0.15, -0.1) is 0 Å². The number of benzene rings is 2. The number of ether oxygens (including phenoxy) is 2. The second-order valence-electron chi connectivity index (χ2n) is 7.18. The summed E-state index contributed by atoms with van der Waals surface area (Å²) < 4.78 is 23.9. The SMILES string of the molecule is CCCCNC(=O)[C@H](CC)N(Cc1cccc(OC)c1)C(=O)COc1ccc(F)cc1. The van der Waals surface area contributed by atoms with Crippen molar-refractivity contribution < 1.29 is 23.5 Å². The van der Waals surface area contributed by atoms with E-state index in [0.717, 1.165) is 18.4 Å². The van der Waals surface area contributed by atoms with Crippen molar-refractivity contribution in [1.82, 2.24) is 10.2 Å². The van der Waals surface area contributed by atoms with E-state index in [4.69, 9.17) is 9.47 Å². The van der Waals surface area contributed by atoms with E-state index in [1.807, 2.05) is 31.2 Å². The topological polar surface area (TPSA) is 67.9 Å². The van der Waals surface area contributed by atoms with Gasteiger partial charge in [0.2, 0.25) is 5.91 Å². The van der Waals surface area contributed by atoms with E-state index in [0.29, 0.717) is 24.5 Å². The number of rotatable bonds is 12. The highest BCUT2D eigenvalue weighted by atomic mass is 19.1. The van der Waals surface area contributed by atoms with Crippen molar-refractivity contribution in [2.24, 2.45) is 0 Å². The molecule has 0 saturated carbocycles. The summed E-state index contributed by atoms with van der Waals surface area (Å²) in [5, 5.41) is 2.92. The summed E-state index contributed by atoms with van der Waals surface area (Å²) in [4.78, 5) is 27.4. The van der Waals surface area contributed by atoms with E-state index in [1.54, 1.807) is 7.11 Å². The lowest BCUT2D eigenvalue weighted by Crippen LogP contribution is -2.50. The average molecular weight is 431 g/mol. The van der Waals surface area contributed by atoms with Crippen molar-refractivity contribution >= 4 is 11.8 Å². The molecule has 0 radical (unpaired) electrons. The highest BCUT2D eigenvalue weighted by Crippen LogP contribution is 2.18. The highest BCUT2D eigenvalue weighted by molar-refractivity contribution is 5.88. The Balaban J connectivity index is 2.18. The van der Waals surface area contributed by atoms with E-state index in [-0.39, 0.29) is 30.8 Å². The van der Waals surface area contributed by atoms with Crippen molar-refractivity contribution in [3.63, 3.8) is 0 Å². The van der Waals surface area contributed by atoms with E-state index >= 15 is 0 Å². The van der Waals surface area contributed by atoms with E-state index < -0.39 is 6.04 Å². The minimum Gasteiger partial charge on any atom is -0.497 e. The van der Waals surface area contributed by atoms with Crippen LogP contribution in [0.25, 0.3) is 0 Å². The number of halogens is 1. The van der Waals surface area contributed by atoms with Crippen LogP contribution < -0.4 is 14.8 Å². The molecule has 2 amide bonds. The molecule has 2 rings (SSSR count). The van der Waals surface area contributed by atoms with Gasteiger partial charge in [-0.3, -0.25) is 9.59 Å². The number of hydrogen-bond acceptors (Lipinski definition) is 4. The van der Waals surface area contributed by atoms with Gasteiger partial charge in [-0.05, 0) is 54.8 Å². The molecule has 7 heteroatoms. The number of unbranched alkanes of at least 4 members (excludes halogenated alkanes) is 1. The zero-order valence-electron chi connectivity index (χ0n) is 18.4. The van der Waals surface area contributed by atoms with Gasteiger partial charge in [-0.1, -0.05) is 32.4 Å². The zero-order valence-corrected chi connectivity index (χ0v) is 18.4. The second-order valence-corrected chi connectivity index (χ2v) is 7.18. The molecule has 2 aromatic rings. The molecular formula is C24H31FN2O4. The molecule has 0 aliphatic carbocycles. The van der Waals surface area contributed by atoms with Gasteiger partial charge in [-0.25, -0.2) is 4.39 Å². The summed E-state index contributed by atoms with van der Waals surface area (Å²) in [6.45, 7) is 4.47. The molecule has 168 valence electrons. The molecule has 0 aliphatic heterocycles. The minimum atomic E-state index is -0.632. The van der Waals surface area contributed by atoms with Crippen LogP contribution in [0, 0.1) is 5.82 Å². The van der Waals surface area contributed by atoms with Crippen LogP contribution in [0.1, 0.15) is 38.7 Å². The number of amides is 2. The quantitative estimate of drug-likeness (QED) is 0.518. The fourth-order valence-corrected chi connectivity index (χ4v) is 3.15. The Kier molecular flexibility index (Phi) is 9.81. The van der Waals surface area contributed by atoms with Crippen molar-refractivity contribution in [1.29, 1.82) is 0 Å². The van der Waals surface area contributed by atoms with Gasteiger partial charge < -0.3 is 19.7 Å². The van der Waals surface area contributed by atoms with Gasteiger partial charge >= 0.3 is 0 Å². The second kappa shape index (κ2) is 12.6. The van der Waals surface area contributed by atoms with Gasteiger partial charge in [0.15, 0.2) is 6.61 Å². The molecule has 1 atom stereocenters. The first kappa shape index (κ1) is 24.2. The van der Waals surface area contributed by atoms with Crippen molar-refractivity contribution in [2.75, 3.05) is 20.3 Å². The molecule has 1 N–H and O–H groups in total. The molecule has 0 aliphatic rings. The third-order valence-corrected chi connectivity index (χ3v) is 4.88. The molecule has 2 aromatic carbocycles. The number of methoxy groups -OCH3 is 1. The third-order valence-electron chi connectivity index (χ3n) is 4.88. The normalized spacial score (nSPS) is 11.5. The summed E-state index contributed by atoms with van der Waals surface area (Å²) in [5.41, 5.74) is 0.842. The first-order valence-electron chi connectivity index (χ1n) is 10.6. The largest absolute Gasteiger partial charge is 0.497 e. The Morgan fingerprint density at radius 1 is 1.10 bits per heavy atom. The van der Waals surface area contributed by atoms with Crippen LogP contribution in [0.15, 0.2) is 48.5 Å². The predicted molar refractivity (Wildman–Crippen MR) is 117 cm³/mol. The predicted octanol–water partition coefficient (Wildman–Crippen LogP) is 3.94. The molecule has 0 aromatic heterocycles. The summed E-state index contributed by atoms with van der Waals surface area (Å²) in [5.74, 6) is 0.163. The van der Waals surface area contributed by atoms with Crippen LogP contribution in [0.4, 0.5) is 4.39 Å². The molecule has 0 unspecified atom stereocenters. The third kappa shape index (κ3) is 7.59. The Hall–Kier alpha value is -3.09. The Labute approximate surface area is 183 Å². The Bertz CT molecular complexity index is 842. The van der Waals surface area contributed by atoms with Gasteiger partial charge in [0.1, 0.15) is 23.4 Å². The maximum Gasteiger partial charge on any atom is 0.261 e. The standard InChI is InChI=1S/C24H31FN2O4/c1-4-6-14-26-24(29)22(5-2)27(16-18-8-7-9-21(15-18)30-3)23(28)17-31-20-12-10-19(25)11-13-20/h7-13,15,22H,4-6,14,16-17H2,1-3H3,(H,26,29)/t22-/m0/s1. The molecule has 0 spiro atoms. The molecule has 0 fully saturated rings. The highest BCUT2D eigenvalue weighted by Gasteiger charge is 2.28. The number of nitrogens with zero attached hydrogens (tertiary/aromatic N) is 1. The van der Waals surface area contributed by atoms with Crippen LogP contribution in [-0.2, 0) is 16.1 Å². The monoisotopic (exact) mass is 430 g/mol. The van der Waals surface area contributed by atoms with Gasteiger partial charge in [-0.2, -0.15) is 0 Å². The van der Waals surface area contributed by atoms with Crippen LogP contribution in [0.3, 0.4) is 0 Å². The molecule has 0 bridgehead atoms. The van der Waals surface area contributed by atoms with Crippen LogP contribution in [0.5, 0.6) is 11.5 Å². The van der Waals surface area contributed by atoms with E-state index in [2.05, 4.69) is 12.2 Å². The maximum absolute atomic E-state index is 13.1. The number of hydrogen-bond donors (Lipinski definition) is 1. The van der Waals surface area contributed by atoms with Crippen molar-refractivity contribution in [3.8, 4) is 11.5 Å². The summed E-state index contributed by atoms with van der Waals surface area (Å²) in [6, 6.07) is 12.2. The molecule has 0 saturated heterocycles. The molecule has 0 heterocycles. The molecular weight excluding hydrogens is 399 g/mol. The smallest absolute Gasteiger partial charge is 0.261 e. The van der Waals surface area contributed by atoms with Gasteiger partial charge in [0, 0.05) is 13.1 Å². The van der Waals surface area contributed by atoms with E-state index in [1.165, 1.54) is 29.2 Å². The lowest BCUT2D eigenvalue weighted by molar-refractivity contribution is -0.143. The number of carbonyl (C=O) groups excluding carboxylic acids is 2. The van der Waals surface area contributed by atoms with Crippen LogP contribution in [0.2, 0.25) is 0 Å². The van der Waals surface area contributed by atoms with Crippen molar-refractivity contribution in [2.45, 2.75) is 45.7 Å². The van der Waals surface area contributed by atoms with Gasteiger partial charge in [0.05, 0.1) is 7.11 Å². The minimum absolute atomic E-state index is 0.186. The Morgan fingerprint density at radius 2 is 1.84 bits per heavy atom. The summed E-state index contributed by atoms with van der Waals surface area (Å²) >= 11 is 0. The van der Waals surface area contributed by atoms with Crippen LogP contribution in [-0.4, -0.2) is 43.0 Å². The first-order valence-corrected chi connectivity index (χ1v) is 10.6. The molecule has 31 heavy (non-hydrogen) atoms. The number of nitrogens with one attached hydrogen (secondary N) is 1. The van der Waals surface area contributed by atoms with Crippen molar-refractivity contribution in [3.05, 3.63) is 59.9 Å².